The average molecular weight is 401 g/mol. The van der Waals surface area contributed by atoms with Crippen molar-refractivity contribution in [2.45, 2.75) is 18.9 Å². The van der Waals surface area contributed by atoms with E-state index in [1.165, 1.54) is 11.3 Å². The summed E-state index contributed by atoms with van der Waals surface area (Å²) >= 11 is 7.41. The summed E-state index contributed by atoms with van der Waals surface area (Å²) < 4.78 is 0. The van der Waals surface area contributed by atoms with E-state index in [9.17, 15) is 14.7 Å². The van der Waals surface area contributed by atoms with E-state index >= 15 is 0 Å². The zero-order chi connectivity index (χ0) is 19.2. The fourth-order valence-electron chi connectivity index (χ4n) is 2.60. The molecule has 2 aromatic carbocycles. The van der Waals surface area contributed by atoms with Crippen LogP contribution in [0.2, 0.25) is 5.02 Å². The molecule has 0 aliphatic heterocycles. The van der Waals surface area contributed by atoms with Gasteiger partial charge in [-0.1, -0.05) is 54.1 Å². The van der Waals surface area contributed by atoms with E-state index in [4.69, 9.17) is 11.6 Å². The Kier molecular flexibility index (Phi) is 6.21. The summed E-state index contributed by atoms with van der Waals surface area (Å²) in [6, 6.07) is 15.5. The van der Waals surface area contributed by atoms with Crippen molar-refractivity contribution in [3.8, 4) is 10.6 Å². The Morgan fingerprint density at radius 2 is 1.93 bits per heavy atom. The molecule has 27 heavy (non-hydrogen) atoms. The number of amides is 1. The fourth-order valence-corrected chi connectivity index (χ4v) is 3.61. The molecule has 138 valence electrons. The van der Waals surface area contributed by atoms with Gasteiger partial charge >= 0.3 is 5.97 Å². The normalized spacial score (nSPS) is 11.7. The molecule has 1 heterocycles. The van der Waals surface area contributed by atoms with E-state index in [0.29, 0.717) is 10.7 Å². The van der Waals surface area contributed by atoms with Gasteiger partial charge in [0.2, 0.25) is 5.91 Å². The lowest BCUT2D eigenvalue weighted by molar-refractivity contribution is -0.141. The molecule has 0 aliphatic rings. The summed E-state index contributed by atoms with van der Waals surface area (Å²) in [7, 11) is 0. The van der Waals surface area contributed by atoms with Crippen LogP contribution in [-0.2, 0) is 22.4 Å². The molecule has 3 rings (SSSR count). The van der Waals surface area contributed by atoms with E-state index in [-0.39, 0.29) is 18.7 Å². The summed E-state index contributed by atoms with van der Waals surface area (Å²) in [5.74, 6) is -1.44. The van der Waals surface area contributed by atoms with Gasteiger partial charge in [0.25, 0.3) is 0 Å². The Morgan fingerprint density at radius 1 is 1.15 bits per heavy atom. The molecule has 1 atom stereocenters. The SMILES string of the molecule is O=C(Cc1csc(-c2cccc(Cl)c2)n1)NC(Cc1ccccc1)C(=O)O. The van der Waals surface area contributed by atoms with Crippen LogP contribution in [0.3, 0.4) is 0 Å². The lowest BCUT2D eigenvalue weighted by atomic mass is 10.1. The van der Waals surface area contributed by atoms with Crippen LogP contribution in [0.25, 0.3) is 10.6 Å². The zero-order valence-corrected chi connectivity index (χ0v) is 15.8. The maximum Gasteiger partial charge on any atom is 0.326 e. The van der Waals surface area contributed by atoms with Gasteiger partial charge in [-0.2, -0.15) is 0 Å². The van der Waals surface area contributed by atoms with E-state index in [0.717, 1.165) is 16.1 Å². The number of hydrogen-bond donors (Lipinski definition) is 2. The van der Waals surface area contributed by atoms with Crippen molar-refractivity contribution in [1.82, 2.24) is 10.3 Å². The first kappa shape index (κ1) is 19.1. The fraction of sp³-hybridized carbons (Fsp3) is 0.150. The number of carboxylic acid groups (broad SMARTS) is 1. The summed E-state index contributed by atoms with van der Waals surface area (Å²) in [5, 5.41) is 15.1. The van der Waals surface area contributed by atoms with Crippen molar-refractivity contribution < 1.29 is 14.7 Å². The number of aromatic nitrogens is 1. The van der Waals surface area contributed by atoms with E-state index in [1.807, 2.05) is 48.5 Å². The van der Waals surface area contributed by atoms with Crippen LogP contribution in [0.4, 0.5) is 0 Å². The number of thiazole rings is 1. The van der Waals surface area contributed by atoms with Gasteiger partial charge in [-0.25, -0.2) is 9.78 Å². The number of hydrogen-bond acceptors (Lipinski definition) is 4. The third-order valence-corrected chi connectivity index (χ3v) is 5.06. The van der Waals surface area contributed by atoms with Gasteiger partial charge in [-0.15, -0.1) is 11.3 Å². The first-order valence-electron chi connectivity index (χ1n) is 8.27. The van der Waals surface area contributed by atoms with Gasteiger partial charge < -0.3 is 10.4 Å². The van der Waals surface area contributed by atoms with Crippen molar-refractivity contribution in [1.29, 1.82) is 0 Å². The number of benzene rings is 2. The number of nitrogens with zero attached hydrogens (tertiary/aromatic N) is 1. The zero-order valence-electron chi connectivity index (χ0n) is 14.3. The van der Waals surface area contributed by atoms with Crippen LogP contribution in [-0.4, -0.2) is 28.0 Å². The molecule has 0 saturated carbocycles. The second-order valence-electron chi connectivity index (χ2n) is 5.98. The van der Waals surface area contributed by atoms with Crippen LogP contribution in [0.1, 0.15) is 11.3 Å². The number of halogens is 1. The van der Waals surface area contributed by atoms with Crippen molar-refractivity contribution in [3.05, 3.63) is 76.3 Å². The first-order valence-corrected chi connectivity index (χ1v) is 9.53. The Labute approximate surface area is 165 Å². The van der Waals surface area contributed by atoms with Crippen LogP contribution < -0.4 is 5.32 Å². The van der Waals surface area contributed by atoms with Crippen molar-refractivity contribution in [2.24, 2.45) is 0 Å². The molecule has 7 heteroatoms. The van der Waals surface area contributed by atoms with Gasteiger partial charge in [-0.3, -0.25) is 4.79 Å². The van der Waals surface area contributed by atoms with E-state index in [1.54, 1.807) is 11.4 Å². The Balaban J connectivity index is 1.63. The van der Waals surface area contributed by atoms with Crippen molar-refractivity contribution in [2.75, 3.05) is 0 Å². The molecule has 0 fully saturated rings. The molecule has 0 aliphatic carbocycles. The molecule has 2 N–H and O–H groups in total. The third kappa shape index (κ3) is 5.39. The minimum absolute atomic E-state index is 0.0234. The smallest absolute Gasteiger partial charge is 0.326 e. The highest BCUT2D eigenvalue weighted by Gasteiger charge is 2.21. The molecular weight excluding hydrogens is 384 g/mol. The quantitative estimate of drug-likeness (QED) is 0.632. The van der Waals surface area contributed by atoms with Crippen molar-refractivity contribution in [3.63, 3.8) is 0 Å². The summed E-state index contributed by atoms with van der Waals surface area (Å²) in [4.78, 5) is 28.2. The Hall–Kier alpha value is -2.70. The number of carbonyl (C=O) groups excluding carboxylic acids is 1. The van der Waals surface area contributed by atoms with Gasteiger partial charge in [0.15, 0.2) is 0 Å². The first-order chi connectivity index (χ1) is 13.0. The molecule has 1 aromatic heterocycles. The molecule has 3 aromatic rings. The molecule has 5 nitrogen and oxygen atoms in total. The van der Waals surface area contributed by atoms with Crippen LogP contribution >= 0.6 is 22.9 Å². The van der Waals surface area contributed by atoms with Gasteiger partial charge in [-0.05, 0) is 17.7 Å². The Morgan fingerprint density at radius 3 is 2.63 bits per heavy atom. The molecule has 0 radical (unpaired) electrons. The number of aliphatic carboxylic acids is 1. The predicted molar refractivity (Wildman–Crippen MR) is 106 cm³/mol. The van der Waals surface area contributed by atoms with E-state index in [2.05, 4.69) is 10.3 Å². The lowest BCUT2D eigenvalue weighted by Gasteiger charge is -2.14. The number of carboxylic acids is 1. The van der Waals surface area contributed by atoms with Gasteiger partial charge in [0.1, 0.15) is 11.0 Å². The van der Waals surface area contributed by atoms with Gasteiger partial charge in [0.05, 0.1) is 12.1 Å². The highest BCUT2D eigenvalue weighted by atomic mass is 35.5. The average Bonchev–Trinajstić information content (AvgIpc) is 3.10. The summed E-state index contributed by atoms with van der Waals surface area (Å²) in [5.41, 5.74) is 2.32. The number of rotatable bonds is 7. The second kappa shape index (κ2) is 8.79. The van der Waals surface area contributed by atoms with Gasteiger partial charge in [0, 0.05) is 22.4 Å². The molecule has 0 saturated heterocycles. The highest BCUT2D eigenvalue weighted by molar-refractivity contribution is 7.13. The largest absolute Gasteiger partial charge is 0.480 e. The monoisotopic (exact) mass is 400 g/mol. The van der Waals surface area contributed by atoms with Crippen molar-refractivity contribution >= 4 is 34.8 Å². The molecule has 0 spiro atoms. The lowest BCUT2D eigenvalue weighted by Crippen LogP contribution is -2.43. The predicted octanol–water partition coefficient (Wildman–Crippen LogP) is 3.82. The molecule has 0 bridgehead atoms. The standard InChI is InChI=1S/C20H17ClN2O3S/c21-15-8-4-7-14(10-15)19-22-16(12-27-19)11-18(24)23-17(20(25)26)9-13-5-2-1-3-6-13/h1-8,10,12,17H,9,11H2,(H,23,24)(H,25,26). The second-order valence-corrected chi connectivity index (χ2v) is 7.27. The molecule has 1 unspecified atom stereocenters. The number of carbonyl (C=O) groups is 2. The maximum absolute atomic E-state index is 12.3. The van der Waals surface area contributed by atoms with Crippen LogP contribution in [0.15, 0.2) is 60.0 Å². The topological polar surface area (TPSA) is 79.3 Å². The maximum atomic E-state index is 12.3. The minimum Gasteiger partial charge on any atom is -0.480 e. The van der Waals surface area contributed by atoms with Crippen LogP contribution in [0.5, 0.6) is 0 Å². The van der Waals surface area contributed by atoms with Crippen LogP contribution in [0, 0.1) is 0 Å². The minimum atomic E-state index is -1.06. The van der Waals surface area contributed by atoms with E-state index < -0.39 is 12.0 Å². The summed E-state index contributed by atoms with van der Waals surface area (Å²) in [6.45, 7) is 0. The summed E-state index contributed by atoms with van der Waals surface area (Å²) in [6.07, 6.45) is 0.252. The molecule has 1 amide bonds. The number of nitrogens with one attached hydrogen (secondary N) is 1. The Bertz CT molecular complexity index is 943. The highest BCUT2D eigenvalue weighted by Crippen LogP contribution is 2.26. The molecular formula is C20H17ClN2O3S. The third-order valence-electron chi connectivity index (χ3n) is 3.88.